The fourth-order valence-corrected chi connectivity index (χ4v) is 1.12. The Morgan fingerprint density at radius 1 is 1.33 bits per heavy atom. The molecule has 78 valence electrons. The molecule has 0 aliphatic heterocycles. The first-order valence-electron chi connectivity index (χ1n) is 4.58. The average molecular weight is 205 g/mol. The minimum Gasteiger partial charge on any atom is -0.417 e. The maximum absolute atomic E-state index is 8.78. The Kier molecular flexibility index (Phi) is 2.69. The van der Waals surface area contributed by atoms with Crippen LogP contribution in [0.15, 0.2) is 34.9 Å². The van der Waals surface area contributed by atoms with Crippen molar-refractivity contribution >= 4 is 0 Å². The summed E-state index contributed by atoms with van der Waals surface area (Å²) in [5.74, 6) is 0.659. The summed E-state index contributed by atoms with van der Waals surface area (Å²) in [7, 11) is 0. The molecule has 2 aromatic rings. The number of aryl methyl sites for hydroxylation is 1. The van der Waals surface area contributed by atoms with Gasteiger partial charge in [-0.25, -0.2) is 0 Å². The molecule has 0 radical (unpaired) electrons. The molecule has 0 fully saturated rings. The zero-order valence-electron chi connectivity index (χ0n) is 8.30. The van der Waals surface area contributed by atoms with Gasteiger partial charge >= 0.3 is 6.08 Å². The third-order valence-electron chi connectivity index (χ3n) is 1.92. The van der Waals surface area contributed by atoms with Crippen LogP contribution in [0.4, 0.5) is 0 Å². The Hall–Kier alpha value is -1.81. The van der Waals surface area contributed by atoms with Crippen LogP contribution in [0, 0.1) is 6.92 Å². The summed E-state index contributed by atoms with van der Waals surface area (Å²) < 4.78 is 10.3. The molecule has 4 nitrogen and oxygen atoms in total. The summed E-state index contributed by atoms with van der Waals surface area (Å²) in [6.45, 7) is 1.85. The van der Waals surface area contributed by atoms with Crippen molar-refractivity contribution in [1.82, 2.24) is 4.98 Å². The van der Waals surface area contributed by atoms with Crippen LogP contribution in [0.5, 0.6) is 11.8 Å². The third-order valence-corrected chi connectivity index (χ3v) is 1.92. The molecular formula is C11H11NO3. The van der Waals surface area contributed by atoms with Crippen LogP contribution in [0.25, 0.3) is 0 Å². The lowest BCUT2D eigenvalue weighted by molar-refractivity contribution is 0.276. The van der Waals surface area contributed by atoms with Gasteiger partial charge in [-0.3, -0.25) is 0 Å². The van der Waals surface area contributed by atoms with Crippen molar-refractivity contribution in [3.05, 3.63) is 41.8 Å². The van der Waals surface area contributed by atoms with Gasteiger partial charge in [0.25, 0.3) is 0 Å². The molecule has 1 aromatic heterocycles. The minimum atomic E-state index is -0.152. The fraction of sp³-hybridized carbons (Fsp3) is 0.182. The number of aromatic nitrogens is 1. The zero-order valence-corrected chi connectivity index (χ0v) is 8.30. The van der Waals surface area contributed by atoms with E-state index in [1.54, 1.807) is 0 Å². The van der Waals surface area contributed by atoms with Crippen LogP contribution in [0.2, 0.25) is 0 Å². The maximum Gasteiger partial charge on any atom is 0.399 e. The normalized spacial score (nSPS) is 10.3. The Morgan fingerprint density at radius 3 is 2.67 bits per heavy atom. The minimum absolute atomic E-state index is 0.142. The summed E-state index contributed by atoms with van der Waals surface area (Å²) in [5.41, 5.74) is 1.61. The Bertz CT molecular complexity index is 433. The summed E-state index contributed by atoms with van der Waals surface area (Å²) in [6.07, 6.45) is 1.51. The molecule has 1 N–H and O–H groups in total. The van der Waals surface area contributed by atoms with E-state index in [9.17, 15) is 0 Å². The highest BCUT2D eigenvalue weighted by Crippen LogP contribution is 2.20. The van der Waals surface area contributed by atoms with Crippen molar-refractivity contribution in [2.24, 2.45) is 0 Å². The van der Waals surface area contributed by atoms with Gasteiger partial charge in [0.15, 0.2) is 0 Å². The molecule has 4 heteroatoms. The zero-order chi connectivity index (χ0) is 10.7. The molecule has 0 unspecified atom stereocenters. The van der Waals surface area contributed by atoms with Crippen LogP contribution in [-0.2, 0) is 6.61 Å². The highest BCUT2D eigenvalue weighted by molar-refractivity contribution is 5.28. The number of hydrogen-bond acceptors (Lipinski definition) is 4. The number of oxazole rings is 1. The molecule has 0 aliphatic carbocycles. The second kappa shape index (κ2) is 4.14. The second-order valence-electron chi connectivity index (χ2n) is 3.18. The van der Waals surface area contributed by atoms with Gasteiger partial charge < -0.3 is 14.3 Å². The van der Waals surface area contributed by atoms with Crippen molar-refractivity contribution in [1.29, 1.82) is 0 Å². The fourth-order valence-electron chi connectivity index (χ4n) is 1.12. The molecule has 2 rings (SSSR count). The highest BCUT2D eigenvalue weighted by atomic mass is 16.6. The van der Waals surface area contributed by atoms with Crippen molar-refractivity contribution < 1.29 is 14.3 Å². The van der Waals surface area contributed by atoms with Gasteiger partial charge in [-0.2, -0.15) is 4.98 Å². The van der Waals surface area contributed by atoms with Crippen LogP contribution >= 0.6 is 0 Å². The predicted molar refractivity (Wildman–Crippen MR) is 53.7 cm³/mol. The van der Waals surface area contributed by atoms with Crippen LogP contribution in [0.3, 0.4) is 0 Å². The van der Waals surface area contributed by atoms with Crippen molar-refractivity contribution in [3.63, 3.8) is 0 Å². The van der Waals surface area contributed by atoms with Crippen molar-refractivity contribution in [2.45, 2.75) is 13.5 Å². The lowest BCUT2D eigenvalue weighted by Crippen LogP contribution is -1.86. The van der Waals surface area contributed by atoms with Crippen LogP contribution < -0.4 is 4.74 Å². The average Bonchev–Trinajstić information content (AvgIpc) is 2.69. The van der Waals surface area contributed by atoms with E-state index in [-0.39, 0.29) is 12.7 Å². The second-order valence-corrected chi connectivity index (χ2v) is 3.18. The Labute approximate surface area is 87.1 Å². The standard InChI is InChI=1S/C11H11NO3/c1-8-2-4-10(5-3-8)15-11-12-9(6-13)7-14-11/h2-5,7,13H,6H2,1H3. The monoisotopic (exact) mass is 205 g/mol. The summed E-state index contributed by atoms with van der Waals surface area (Å²) in [5, 5.41) is 8.78. The molecule has 0 amide bonds. The van der Waals surface area contributed by atoms with Gasteiger partial charge in [0.05, 0.1) is 6.61 Å². The van der Waals surface area contributed by atoms with E-state index in [1.807, 2.05) is 31.2 Å². The van der Waals surface area contributed by atoms with E-state index < -0.39 is 0 Å². The van der Waals surface area contributed by atoms with E-state index in [2.05, 4.69) is 4.98 Å². The Morgan fingerprint density at radius 2 is 2.07 bits per heavy atom. The number of aliphatic hydroxyl groups excluding tert-OH is 1. The summed E-state index contributed by atoms with van der Waals surface area (Å²) in [6, 6.07) is 7.53. The first kappa shape index (κ1) is 9.73. The third kappa shape index (κ3) is 2.35. The summed E-state index contributed by atoms with van der Waals surface area (Å²) in [4.78, 5) is 3.91. The molecule has 0 spiro atoms. The molecule has 0 aliphatic rings. The number of rotatable bonds is 3. The molecule has 15 heavy (non-hydrogen) atoms. The van der Waals surface area contributed by atoms with Crippen LogP contribution in [0.1, 0.15) is 11.3 Å². The molecule has 0 saturated heterocycles. The molecule has 1 heterocycles. The summed E-state index contributed by atoms with van der Waals surface area (Å²) >= 11 is 0. The number of ether oxygens (including phenoxy) is 1. The van der Waals surface area contributed by atoms with E-state index >= 15 is 0 Å². The topological polar surface area (TPSA) is 55.5 Å². The van der Waals surface area contributed by atoms with E-state index in [0.29, 0.717) is 11.4 Å². The highest BCUT2D eigenvalue weighted by Gasteiger charge is 2.04. The van der Waals surface area contributed by atoms with Gasteiger partial charge in [-0.05, 0) is 19.1 Å². The number of benzene rings is 1. The molecule has 0 saturated carbocycles. The Balaban J connectivity index is 2.11. The van der Waals surface area contributed by atoms with Gasteiger partial charge in [0.1, 0.15) is 17.7 Å². The van der Waals surface area contributed by atoms with Crippen molar-refractivity contribution in [2.75, 3.05) is 0 Å². The smallest absolute Gasteiger partial charge is 0.399 e. The largest absolute Gasteiger partial charge is 0.417 e. The van der Waals surface area contributed by atoms with Crippen molar-refractivity contribution in [3.8, 4) is 11.8 Å². The maximum atomic E-state index is 8.78. The first-order valence-corrected chi connectivity index (χ1v) is 4.58. The SMILES string of the molecule is Cc1ccc(Oc2nc(CO)co2)cc1. The van der Waals surface area contributed by atoms with Crippen LogP contribution in [-0.4, -0.2) is 10.1 Å². The predicted octanol–water partition coefficient (Wildman–Crippen LogP) is 2.27. The lowest BCUT2D eigenvalue weighted by atomic mass is 10.2. The molecule has 0 bridgehead atoms. The van der Waals surface area contributed by atoms with Gasteiger partial charge in [0.2, 0.25) is 0 Å². The number of aliphatic hydroxyl groups is 1. The molecular weight excluding hydrogens is 194 g/mol. The van der Waals surface area contributed by atoms with Gasteiger partial charge in [0, 0.05) is 0 Å². The first-order chi connectivity index (χ1) is 7.28. The van der Waals surface area contributed by atoms with E-state index in [4.69, 9.17) is 14.3 Å². The number of nitrogens with zero attached hydrogens (tertiary/aromatic N) is 1. The quantitative estimate of drug-likeness (QED) is 0.835. The van der Waals surface area contributed by atoms with E-state index in [1.165, 1.54) is 6.26 Å². The van der Waals surface area contributed by atoms with E-state index in [0.717, 1.165) is 5.56 Å². The van der Waals surface area contributed by atoms with Gasteiger partial charge in [-0.15, -0.1) is 0 Å². The molecule has 1 aromatic carbocycles. The molecule has 0 atom stereocenters. The number of hydrogen-bond donors (Lipinski definition) is 1. The van der Waals surface area contributed by atoms with Gasteiger partial charge in [-0.1, -0.05) is 17.7 Å². The lowest BCUT2D eigenvalue weighted by Gasteiger charge is -1.99.